The molecule has 0 aliphatic carbocycles. The topological polar surface area (TPSA) is 63.6 Å². The molecule has 0 aliphatic rings. The van der Waals surface area contributed by atoms with Crippen LogP contribution in [0, 0.1) is 0 Å². The Balaban J connectivity index is 2.19. The fourth-order valence-electron chi connectivity index (χ4n) is 3.26. The van der Waals surface area contributed by atoms with Gasteiger partial charge in [-0.1, -0.05) is 88.7 Å². The lowest BCUT2D eigenvalue weighted by Crippen LogP contribution is -2.43. The number of hydrogen-bond donors (Lipinski definition) is 1. The molecule has 1 N–H and O–H groups in total. The van der Waals surface area contributed by atoms with E-state index in [9.17, 15) is 14.5 Å². The molecule has 0 saturated heterocycles. The zero-order chi connectivity index (χ0) is 20.9. The second-order valence-corrected chi connectivity index (χ2v) is 10.4. The maximum atomic E-state index is 14.4. The van der Waals surface area contributed by atoms with Gasteiger partial charge in [-0.3, -0.25) is 0 Å². The van der Waals surface area contributed by atoms with E-state index < -0.39 is 18.7 Å². The van der Waals surface area contributed by atoms with Gasteiger partial charge in [0.1, 0.15) is 7.14 Å². The lowest BCUT2D eigenvalue weighted by molar-refractivity contribution is -0.163. The molecule has 0 aliphatic heterocycles. The number of ether oxygens (including phenoxy) is 1. The minimum Gasteiger partial charge on any atom is -0.464 e. The van der Waals surface area contributed by atoms with Crippen LogP contribution in [0.15, 0.2) is 89.4 Å². The summed E-state index contributed by atoms with van der Waals surface area (Å²) in [5.74, 6) is -0.815. The molecule has 1 unspecified atom stereocenters. The van der Waals surface area contributed by atoms with Gasteiger partial charge in [-0.05, 0) is 24.6 Å². The van der Waals surface area contributed by atoms with Crippen LogP contribution in [-0.2, 0) is 19.7 Å². The lowest BCUT2D eigenvalue weighted by atomic mass is 9.96. The number of halogens is 1. The summed E-state index contributed by atoms with van der Waals surface area (Å²) in [6.07, 6.45) is -0.302. The Morgan fingerprint density at radius 3 is 2.00 bits per heavy atom. The Hall–Kier alpha value is -2.20. The summed E-state index contributed by atoms with van der Waals surface area (Å²) < 4.78 is 20.3. The van der Waals surface area contributed by atoms with E-state index in [0.717, 1.165) is 0 Å². The van der Waals surface area contributed by atoms with Crippen molar-refractivity contribution in [3.05, 3.63) is 95.0 Å². The smallest absolute Gasteiger partial charge is 0.343 e. The number of benzene rings is 3. The number of carbonyl (C=O) groups excluding carboxylic acids is 1. The first-order valence-electron chi connectivity index (χ1n) is 9.26. The van der Waals surface area contributed by atoms with Crippen molar-refractivity contribution >= 4 is 39.7 Å². The predicted octanol–water partition coefficient (Wildman–Crippen LogP) is 4.21. The van der Waals surface area contributed by atoms with Crippen LogP contribution in [0.2, 0.25) is 0 Å². The molecular weight excluding hydrogens is 451 g/mol. The van der Waals surface area contributed by atoms with Gasteiger partial charge >= 0.3 is 5.97 Å². The highest BCUT2D eigenvalue weighted by Crippen LogP contribution is 2.49. The van der Waals surface area contributed by atoms with E-state index in [2.05, 4.69) is 15.9 Å². The molecule has 29 heavy (non-hydrogen) atoms. The minimum atomic E-state index is -3.37. The Bertz CT molecular complexity index is 980. The van der Waals surface area contributed by atoms with Crippen LogP contribution in [0.4, 0.5) is 0 Å². The van der Waals surface area contributed by atoms with Crippen molar-refractivity contribution in [2.75, 3.05) is 12.8 Å². The normalized spacial score (nSPS) is 13.5. The van der Waals surface area contributed by atoms with Crippen LogP contribution in [0.3, 0.4) is 0 Å². The van der Waals surface area contributed by atoms with Crippen molar-refractivity contribution in [3.8, 4) is 0 Å². The number of aliphatic hydroxyl groups is 1. The number of carbonyl (C=O) groups is 1. The Morgan fingerprint density at radius 1 is 0.966 bits per heavy atom. The second-order valence-electron chi connectivity index (χ2n) is 6.66. The van der Waals surface area contributed by atoms with Crippen LogP contribution in [0.25, 0.3) is 0 Å². The first-order chi connectivity index (χ1) is 13.9. The SMILES string of the molecule is CCOC(=O)C(O)(CP(=O)(c1ccccc1)c1ccccc1)c1cccc(Br)c1. The highest BCUT2D eigenvalue weighted by molar-refractivity contribution is 9.10. The van der Waals surface area contributed by atoms with E-state index in [0.29, 0.717) is 20.6 Å². The van der Waals surface area contributed by atoms with Crippen molar-refractivity contribution in [2.24, 2.45) is 0 Å². The molecule has 0 bridgehead atoms. The van der Waals surface area contributed by atoms with Gasteiger partial charge in [0, 0.05) is 15.1 Å². The van der Waals surface area contributed by atoms with Gasteiger partial charge in [0.15, 0.2) is 5.60 Å². The Morgan fingerprint density at radius 2 is 1.52 bits per heavy atom. The molecule has 0 radical (unpaired) electrons. The zero-order valence-corrected chi connectivity index (χ0v) is 18.5. The predicted molar refractivity (Wildman–Crippen MR) is 119 cm³/mol. The Kier molecular flexibility index (Phi) is 6.74. The highest BCUT2D eigenvalue weighted by Gasteiger charge is 2.47. The molecule has 0 amide bonds. The summed E-state index contributed by atoms with van der Waals surface area (Å²) >= 11 is 3.38. The summed E-state index contributed by atoms with van der Waals surface area (Å²) in [4.78, 5) is 12.9. The van der Waals surface area contributed by atoms with Gasteiger partial charge in [0.2, 0.25) is 0 Å². The van der Waals surface area contributed by atoms with E-state index in [1.54, 1.807) is 79.7 Å². The third kappa shape index (κ3) is 4.53. The molecule has 0 saturated carbocycles. The van der Waals surface area contributed by atoms with Gasteiger partial charge in [-0.25, -0.2) is 4.79 Å². The molecule has 3 rings (SSSR count). The first-order valence-corrected chi connectivity index (χ1v) is 11.9. The van der Waals surface area contributed by atoms with Crippen LogP contribution in [-0.4, -0.2) is 23.8 Å². The molecular formula is C23H22BrO4P. The molecule has 0 fully saturated rings. The van der Waals surface area contributed by atoms with Crippen molar-refractivity contribution in [2.45, 2.75) is 12.5 Å². The number of esters is 1. The molecule has 6 heteroatoms. The summed E-state index contributed by atoms with van der Waals surface area (Å²) in [5.41, 5.74) is -1.74. The van der Waals surface area contributed by atoms with Crippen LogP contribution in [0.5, 0.6) is 0 Å². The third-order valence-electron chi connectivity index (χ3n) is 4.71. The summed E-state index contributed by atoms with van der Waals surface area (Å²) in [6, 6.07) is 24.7. The molecule has 1 atom stereocenters. The largest absolute Gasteiger partial charge is 0.464 e. The molecule has 0 aromatic heterocycles. The maximum Gasteiger partial charge on any atom is 0.343 e. The molecule has 0 spiro atoms. The maximum absolute atomic E-state index is 14.4. The van der Waals surface area contributed by atoms with Crippen molar-refractivity contribution in [1.29, 1.82) is 0 Å². The fourth-order valence-corrected chi connectivity index (χ4v) is 6.59. The monoisotopic (exact) mass is 472 g/mol. The molecule has 3 aromatic rings. The van der Waals surface area contributed by atoms with E-state index in [1.807, 2.05) is 12.1 Å². The average Bonchev–Trinajstić information content (AvgIpc) is 2.75. The van der Waals surface area contributed by atoms with Gasteiger partial charge in [0.25, 0.3) is 0 Å². The van der Waals surface area contributed by atoms with Gasteiger partial charge in [0.05, 0.1) is 12.8 Å². The quantitative estimate of drug-likeness (QED) is 0.413. The number of hydrogen-bond acceptors (Lipinski definition) is 4. The standard InChI is InChI=1S/C23H22BrO4P/c1-2-28-22(25)23(26,18-10-9-11-19(24)16-18)17-29(27,20-12-5-3-6-13-20)21-14-7-4-8-15-21/h3-16,26H,2,17H2,1H3. The minimum absolute atomic E-state index is 0.107. The first kappa shape index (κ1) is 21.5. The van der Waals surface area contributed by atoms with Gasteiger partial charge in [-0.15, -0.1) is 0 Å². The second kappa shape index (κ2) is 9.08. The van der Waals surface area contributed by atoms with Gasteiger partial charge < -0.3 is 14.4 Å². The summed E-state index contributed by atoms with van der Waals surface area (Å²) in [6.45, 7) is 1.78. The van der Waals surface area contributed by atoms with E-state index in [-0.39, 0.29) is 12.8 Å². The highest BCUT2D eigenvalue weighted by atomic mass is 79.9. The summed E-state index contributed by atoms with van der Waals surface area (Å²) in [7, 11) is -3.37. The van der Waals surface area contributed by atoms with Crippen molar-refractivity contribution in [1.82, 2.24) is 0 Å². The Labute approximate surface area is 179 Å². The molecule has 150 valence electrons. The van der Waals surface area contributed by atoms with Crippen LogP contribution in [0.1, 0.15) is 12.5 Å². The van der Waals surface area contributed by atoms with Crippen molar-refractivity contribution in [3.63, 3.8) is 0 Å². The number of rotatable bonds is 7. The van der Waals surface area contributed by atoms with E-state index in [4.69, 9.17) is 4.74 Å². The summed E-state index contributed by atoms with van der Waals surface area (Å²) in [5, 5.41) is 12.7. The van der Waals surface area contributed by atoms with Crippen LogP contribution >= 0.6 is 23.1 Å². The van der Waals surface area contributed by atoms with Crippen molar-refractivity contribution < 1.29 is 19.2 Å². The van der Waals surface area contributed by atoms with E-state index >= 15 is 0 Å². The fraction of sp³-hybridized carbons (Fsp3) is 0.174. The third-order valence-corrected chi connectivity index (χ3v) is 8.37. The lowest BCUT2D eigenvalue weighted by Gasteiger charge is -2.31. The zero-order valence-electron chi connectivity index (χ0n) is 16.0. The molecule has 0 heterocycles. The van der Waals surface area contributed by atoms with Crippen LogP contribution < -0.4 is 10.6 Å². The average molecular weight is 473 g/mol. The van der Waals surface area contributed by atoms with Gasteiger partial charge in [-0.2, -0.15) is 0 Å². The molecule has 4 nitrogen and oxygen atoms in total. The van der Waals surface area contributed by atoms with E-state index in [1.165, 1.54) is 0 Å². The molecule has 3 aromatic carbocycles.